The third kappa shape index (κ3) is 4.84. The normalized spacial score (nSPS) is 12.8. The van der Waals surface area contributed by atoms with Gasteiger partial charge >= 0.3 is 0 Å². The number of amides is 1. The summed E-state index contributed by atoms with van der Waals surface area (Å²) in [4.78, 5) is 11.8. The maximum absolute atomic E-state index is 11.5. The Balaban J connectivity index is 2.16. The van der Waals surface area contributed by atoms with Crippen LogP contribution in [0.1, 0.15) is 26.0 Å². The Bertz CT molecular complexity index is 309. The van der Waals surface area contributed by atoms with E-state index >= 15 is 0 Å². The number of hydrogen-bond acceptors (Lipinski definition) is 2. The van der Waals surface area contributed by atoms with Crippen LogP contribution in [-0.4, -0.2) is 17.3 Å². The molecule has 0 aromatic carbocycles. The van der Waals surface area contributed by atoms with Gasteiger partial charge in [-0.2, -0.15) is 0 Å². The summed E-state index contributed by atoms with van der Waals surface area (Å²) in [6.07, 6.45) is 2.76. The summed E-state index contributed by atoms with van der Waals surface area (Å²) in [5.74, 6) is 1.45. The summed E-state index contributed by atoms with van der Waals surface area (Å²) in [5, 5.41) is 2.90. The Morgan fingerprint density at radius 2 is 2.31 bits per heavy atom. The summed E-state index contributed by atoms with van der Waals surface area (Å²) in [5.41, 5.74) is 0. The van der Waals surface area contributed by atoms with Gasteiger partial charge in [-0.1, -0.05) is 29.8 Å². The molecule has 0 radical (unpaired) electrons. The summed E-state index contributed by atoms with van der Waals surface area (Å²) in [6, 6.07) is 3.72. The standard InChI is InChI=1S/C12H18BrNO2/c1-9(2)11(13)8-14-12(15)6-5-10-4-3-7-16-10/h3-4,7,9,11H,5-6,8H2,1-2H3,(H,14,15). The highest BCUT2D eigenvalue weighted by Crippen LogP contribution is 2.10. The molecule has 1 atom stereocenters. The van der Waals surface area contributed by atoms with E-state index in [9.17, 15) is 4.79 Å². The van der Waals surface area contributed by atoms with Crippen molar-refractivity contribution in [1.29, 1.82) is 0 Å². The van der Waals surface area contributed by atoms with Gasteiger partial charge in [-0.05, 0) is 18.1 Å². The molecule has 1 rings (SSSR count). The first-order valence-corrected chi connectivity index (χ1v) is 6.44. The molecule has 1 N–H and O–H groups in total. The van der Waals surface area contributed by atoms with Crippen LogP contribution in [0.25, 0.3) is 0 Å². The van der Waals surface area contributed by atoms with Gasteiger partial charge in [0, 0.05) is 24.2 Å². The molecule has 0 fully saturated rings. The number of furan rings is 1. The maximum Gasteiger partial charge on any atom is 0.220 e. The first kappa shape index (κ1) is 13.3. The minimum Gasteiger partial charge on any atom is -0.469 e. The molecule has 1 aromatic heterocycles. The Labute approximate surface area is 105 Å². The molecule has 16 heavy (non-hydrogen) atoms. The molecule has 0 spiro atoms. The second kappa shape index (κ2) is 6.74. The fourth-order valence-electron chi connectivity index (χ4n) is 1.23. The second-order valence-electron chi connectivity index (χ2n) is 4.14. The number of aryl methyl sites for hydroxylation is 1. The highest BCUT2D eigenvalue weighted by molar-refractivity contribution is 9.09. The van der Waals surface area contributed by atoms with Crippen molar-refractivity contribution in [1.82, 2.24) is 5.32 Å². The SMILES string of the molecule is CC(C)C(Br)CNC(=O)CCc1ccco1. The van der Waals surface area contributed by atoms with Gasteiger partial charge < -0.3 is 9.73 Å². The Morgan fingerprint density at radius 3 is 2.88 bits per heavy atom. The van der Waals surface area contributed by atoms with Crippen molar-refractivity contribution >= 4 is 21.8 Å². The molecule has 0 saturated heterocycles. The molecule has 1 unspecified atom stereocenters. The molecule has 4 heteroatoms. The third-order valence-corrected chi connectivity index (χ3v) is 3.78. The van der Waals surface area contributed by atoms with Crippen LogP contribution in [0.15, 0.2) is 22.8 Å². The molecule has 90 valence electrons. The van der Waals surface area contributed by atoms with Crippen molar-refractivity contribution < 1.29 is 9.21 Å². The topological polar surface area (TPSA) is 42.2 Å². The Morgan fingerprint density at radius 1 is 1.56 bits per heavy atom. The number of rotatable bonds is 6. The number of hydrogen-bond donors (Lipinski definition) is 1. The number of halogens is 1. The van der Waals surface area contributed by atoms with E-state index in [0.717, 1.165) is 5.76 Å². The van der Waals surface area contributed by atoms with Crippen LogP contribution in [0.4, 0.5) is 0 Å². The van der Waals surface area contributed by atoms with Gasteiger partial charge in [0.15, 0.2) is 0 Å². The molecule has 1 amide bonds. The lowest BCUT2D eigenvalue weighted by Crippen LogP contribution is -2.31. The molecular weight excluding hydrogens is 270 g/mol. The molecule has 0 bridgehead atoms. The van der Waals surface area contributed by atoms with Gasteiger partial charge in [0.2, 0.25) is 5.91 Å². The van der Waals surface area contributed by atoms with E-state index < -0.39 is 0 Å². The van der Waals surface area contributed by atoms with E-state index in [1.165, 1.54) is 0 Å². The molecule has 1 heterocycles. The summed E-state index contributed by atoms with van der Waals surface area (Å²) < 4.78 is 5.16. The van der Waals surface area contributed by atoms with Crippen molar-refractivity contribution in [2.45, 2.75) is 31.5 Å². The van der Waals surface area contributed by atoms with E-state index in [1.807, 2.05) is 12.1 Å². The van der Waals surface area contributed by atoms with E-state index in [2.05, 4.69) is 35.1 Å². The van der Waals surface area contributed by atoms with Crippen LogP contribution < -0.4 is 5.32 Å². The average Bonchev–Trinajstić information content (AvgIpc) is 2.75. The fourth-order valence-corrected chi connectivity index (χ4v) is 1.39. The molecule has 3 nitrogen and oxygen atoms in total. The fraction of sp³-hybridized carbons (Fsp3) is 0.583. The van der Waals surface area contributed by atoms with Crippen molar-refractivity contribution in [3.63, 3.8) is 0 Å². The summed E-state index contributed by atoms with van der Waals surface area (Å²) in [7, 11) is 0. The van der Waals surface area contributed by atoms with Crippen LogP contribution in [-0.2, 0) is 11.2 Å². The van der Waals surface area contributed by atoms with Crippen molar-refractivity contribution in [3.8, 4) is 0 Å². The number of nitrogens with one attached hydrogen (secondary N) is 1. The number of carbonyl (C=O) groups excluding carboxylic acids is 1. The first-order chi connectivity index (χ1) is 7.59. The van der Waals surface area contributed by atoms with E-state index in [1.54, 1.807) is 6.26 Å². The Kier molecular flexibility index (Phi) is 5.60. The Hall–Kier alpha value is -0.770. The summed E-state index contributed by atoms with van der Waals surface area (Å²) in [6.45, 7) is 4.91. The summed E-state index contributed by atoms with van der Waals surface area (Å²) >= 11 is 3.53. The molecule has 0 aliphatic carbocycles. The van der Waals surface area contributed by atoms with Crippen LogP contribution >= 0.6 is 15.9 Å². The highest BCUT2D eigenvalue weighted by atomic mass is 79.9. The van der Waals surface area contributed by atoms with Crippen LogP contribution in [0.5, 0.6) is 0 Å². The van der Waals surface area contributed by atoms with Crippen molar-refractivity contribution in [2.24, 2.45) is 5.92 Å². The molecule has 1 aromatic rings. The average molecular weight is 288 g/mol. The van der Waals surface area contributed by atoms with Crippen LogP contribution in [0.2, 0.25) is 0 Å². The first-order valence-electron chi connectivity index (χ1n) is 5.52. The molecule has 0 aliphatic rings. The largest absolute Gasteiger partial charge is 0.469 e. The van der Waals surface area contributed by atoms with E-state index in [0.29, 0.717) is 30.1 Å². The van der Waals surface area contributed by atoms with Gasteiger partial charge in [0.1, 0.15) is 5.76 Å². The zero-order valence-corrected chi connectivity index (χ0v) is 11.3. The van der Waals surface area contributed by atoms with Crippen molar-refractivity contribution in [3.05, 3.63) is 24.2 Å². The highest BCUT2D eigenvalue weighted by Gasteiger charge is 2.10. The van der Waals surface area contributed by atoms with E-state index in [4.69, 9.17) is 4.42 Å². The zero-order chi connectivity index (χ0) is 12.0. The smallest absolute Gasteiger partial charge is 0.220 e. The molecule has 0 saturated carbocycles. The van der Waals surface area contributed by atoms with Crippen molar-refractivity contribution in [2.75, 3.05) is 6.54 Å². The van der Waals surface area contributed by atoms with Gasteiger partial charge in [-0.25, -0.2) is 0 Å². The van der Waals surface area contributed by atoms with Gasteiger partial charge in [0.25, 0.3) is 0 Å². The van der Waals surface area contributed by atoms with Crippen LogP contribution in [0.3, 0.4) is 0 Å². The van der Waals surface area contributed by atoms with Gasteiger partial charge in [-0.3, -0.25) is 4.79 Å². The predicted molar refractivity (Wildman–Crippen MR) is 67.6 cm³/mol. The second-order valence-corrected chi connectivity index (χ2v) is 5.32. The monoisotopic (exact) mass is 287 g/mol. The van der Waals surface area contributed by atoms with Gasteiger partial charge in [0.05, 0.1) is 6.26 Å². The minimum atomic E-state index is 0.0708. The quantitative estimate of drug-likeness (QED) is 0.818. The zero-order valence-electron chi connectivity index (χ0n) is 9.70. The van der Waals surface area contributed by atoms with Crippen LogP contribution in [0, 0.1) is 5.92 Å². The lowest BCUT2D eigenvalue weighted by molar-refractivity contribution is -0.121. The molecule has 0 aliphatic heterocycles. The lowest BCUT2D eigenvalue weighted by atomic mass is 10.1. The predicted octanol–water partition coefficient (Wildman–Crippen LogP) is 2.75. The van der Waals surface area contributed by atoms with Gasteiger partial charge in [-0.15, -0.1) is 0 Å². The maximum atomic E-state index is 11.5. The molecular formula is C12H18BrNO2. The third-order valence-electron chi connectivity index (χ3n) is 2.40. The minimum absolute atomic E-state index is 0.0708. The number of alkyl halides is 1. The lowest BCUT2D eigenvalue weighted by Gasteiger charge is -2.14. The van der Waals surface area contributed by atoms with E-state index in [-0.39, 0.29) is 5.91 Å². The number of carbonyl (C=O) groups is 1.